The summed E-state index contributed by atoms with van der Waals surface area (Å²) in [5.41, 5.74) is 0.0847. The average Bonchev–Trinajstić information content (AvgIpc) is 2.54. The molecule has 0 spiro atoms. The Bertz CT molecular complexity index is 604. The maximum absolute atomic E-state index is 11.9. The Morgan fingerprint density at radius 3 is 2.25 bits per heavy atom. The maximum atomic E-state index is 11.9. The second kappa shape index (κ2) is 3.84. The summed E-state index contributed by atoms with van der Waals surface area (Å²) in [6.45, 7) is 2.30. The van der Waals surface area contributed by atoms with Crippen molar-refractivity contribution in [1.29, 1.82) is 0 Å². The summed E-state index contributed by atoms with van der Waals surface area (Å²) in [7, 11) is 1.48. The average molecular weight is 219 g/mol. The van der Waals surface area contributed by atoms with Crippen molar-refractivity contribution in [3.63, 3.8) is 0 Å². The van der Waals surface area contributed by atoms with Gasteiger partial charge >= 0.3 is 11.4 Å². The maximum Gasteiger partial charge on any atom is 0.351 e. The number of benzene rings is 1. The van der Waals surface area contributed by atoms with Crippen molar-refractivity contribution in [3.8, 4) is 5.69 Å². The number of para-hydroxylation sites is 1. The van der Waals surface area contributed by atoms with Gasteiger partial charge in [0.15, 0.2) is 0 Å². The van der Waals surface area contributed by atoms with Gasteiger partial charge in [-0.2, -0.15) is 4.68 Å². The van der Waals surface area contributed by atoms with E-state index in [0.29, 0.717) is 12.2 Å². The van der Waals surface area contributed by atoms with E-state index in [1.54, 1.807) is 12.1 Å². The van der Waals surface area contributed by atoms with Crippen LogP contribution in [0.15, 0.2) is 39.9 Å². The molecule has 0 aliphatic heterocycles. The van der Waals surface area contributed by atoms with Crippen LogP contribution in [-0.2, 0) is 13.6 Å². The van der Waals surface area contributed by atoms with Gasteiger partial charge in [-0.25, -0.2) is 18.8 Å². The molecule has 1 aromatic carbocycles. The predicted molar refractivity (Wildman–Crippen MR) is 60.9 cm³/mol. The fourth-order valence-corrected chi connectivity index (χ4v) is 1.68. The van der Waals surface area contributed by atoms with E-state index in [1.807, 2.05) is 25.1 Å². The molecule has 1 heterocycles. The van der Waals surface area contributed by atoms with E-state index >= 15 is 0 Å². The minimum absolute atomic E-state index is 0.295. The van der Waals surface area contributed by atoms with E-state index < -0.39 is 0 Å². The van der Waals surface area contributed by atoms with Crippen LogP contribution in [-0.4, -0.2) is 13.9 Å². The molecule has 2 rings (SSSR count). The molecule has 0 saturated carbocycles. The van der Waals surface area contributed by atoms with E-state index in [2.05, 4.69) is 0 Å². The van der Waals surface area contributed by atoms with Crippen LogP contribution in [0.1, 0.15) is 6.92 Å². The number of hydrogen-bond acceptors (Lipinski definition) is 2. The van der Waals surface area contributed by atoms with Crippen molar-refractivity contribution in [2.45, 2.75) is 13.5 Å². The van der Waals surface area contributed by atoms with Gasteiger partial charge in [0, 0.05) is 13.6 Å². The lowest BCUT2D eigenvalue weighted by atomic mass is 10.3. The van der Waals surface area contributed by atoms with Crippen molar-refractivity contribution in [2.75, 3.05) is 0 Å². The third kappa shape index (κ3) is 1.41. The predicted octanol–water partition coefficient (Wildman–Crippen LogP) is 0.358. The molecule has 0 fully saturated rings. The Hall–Kier alpha value is -2.04. The Kier molecular flexibility index (Phi) is 2.52. The Balaban J connectivity index is 2.80. The van der Waals surface area contributed by atoms with Crippen molar-refractivity contribution in [2.24, 2.45) is 7.05 Å². The summed E-state index contributed by atoms with van der Waals surface area (Å²) in [6, 6.07) is 9.13. The van der Waals surface area contributed by atoms with Gasteiger partial charge in [-0.15, -0.1) is 0 Å². The van der Waals surface area contributed by atoms with Crippen molar-refractivity contribution >= 4 is 0 Å². The highest BCUT2D eigenvalue weighted by atomic mass is 16.2. The van der Waals surface area contributed by atoms with Crippen LogP contribution in [0.2, 0.25) is 0 Å². The highest BCUT2D eigenvalue weighted by Crippen LogP contribution is 2.02. The lowest BCUT2D eigenvalue weighted by molar-refractivity contribution is 0.556. The summed E-state index contributed by atoms with van der Waals surface area (Å²) in [5.74, 6) is 0. The van der Waals surface area contributed by atoms with E-state index in [1.165, 1.54) is 16.4 Å². The van der Waals surface area contributed by atoms with Gasteiger partial charge in [0.05, 0.1) is 5.69 Å². The van der Waals surface area contributed by atoms with Crippen molar-refractivity contribution in [3.05, 3.63) is 51.3 Å². The van der Waals surface area contributed by atoms with Gasteiger partial charge in [0.1, 0.15) is 0 Å². The zero-order chi connectivity index (χ0) is 11.7. The monoisotopic (exact) mass is 219 g/mol. The second-order valence-electron chi connectivity index (χ2n) is 3.49. The highest BCUT2D eigenvalue weighted by Gasteiger charge is 2.12. The Morgan fingerprint density at radius 1 is 1.06 bits per heavy atom. The number of nitrogens with zero attached hydrogens (tertiary/aromatic N) is 3. The molecule has 0 aliphatic carbocycles. The summed E-state index contributed by atoms with van der Waals surface area (Å²) in [4.78, 5) is 23.6. The molecule has 0 unspecified atom stereocenters. The third-order valence-corrected chi connectivity index (χ3v) is 2.52. The number of hydrogen-bond donors (Lipinski definition) is 0. The van der Waals surface area contributed by atoms with Crippen LogP contribution < -0.4 is 11.4 Å². The number of rotatable bonds is 2. The minimum atomic E-state index is -0.321. The topological polar surface area (TPSA) is 48.9 Å². The molecule has 16 heavy (non-hydrogen) atoms. The first-order valence-corrected chi connectivity index (χ1v) is 5.11. The molecule has 0 atom stereocenters. The molecule has 0 amide bonds. The quantitative estimate of drug-likeness (QED) is 0.732. The summed E-state index contributed by atoms with van der Waals surface area (Å²) in [6.07, 6.45) is 0. The lowest BCUT2D eigenvalue weighted by Crippen LogP contribution is -2.25. The van der Waals surface area contributed by atoms with Crippen molar-refractivity contribution in [1.82, 2.24) is 13.9 Å². The summed E-state index contributed by atoms with van der Waals surface area (Å²) < 4.78 is 3.91. The van der Waals surface area contributed by atoms with Gasteiger partial charge in [0.25, 0.3) is 0 Å². The van der Waals surface area contributed by atoms with E-state index in [0.717, 1.165) is 4.57 Å². The van der Waals surface area contributed by atoms with Crippen LogP contribution in [0, 0.1) is 0 Å². The molecule has 0 radical (unpaired) electrons. The normalized spacial score (nSPS) is 10.6. The standard InChI is InChI=1S/C11H13N3O2/c1-3-13-10(15)12(2)11(16)14(13)9-7-5-4-6-8-9/h4-8H,3H2,1-2H3. The van der Waals surface area contributed by atoms with E-state index in [4.69, 9.17) is 0 Å². The molecule has 5 nitrogen and oxygen atoms in total. The van der Waals surface area contributed by atoms with Crippen molar-refractivity contribution < 1.29 is 0 Å². The molecule has 0 bridgehead atoms. The minimum Gasteiger partial charge on any atom is -0.246 e. The first-order chi connectivity index (χ1) is 7.66. The fourth-order valence-electron chi connectivity index (χ4n) is 1.68. The van der Waals surface area contributed by atoms with Gasteiger partial charge in [-0.1, -0.05) is 18.2 Å². The molecule has 2 aromatic rings. The summed E-state index contributed by atoms with van der Waals surface area (Å²) >= 11 is 0. The first-order valence-electron chi connectivity index (χ1n) is 5.11. The number of aromatic nitrogens is 3. The van der Waals surface area contributed by atoms with E-state index in [9.17, 15) is 9.59 Å². The molecule has 5 heteroatoms. The second-order valence-corrected chi connectivity index (χ2v) is 3.49. The first kappa shape index (κ1) is 10.5. The summed E-state index contributed by atoms with van der Waals surface area (Å²) in [5, 5.41) is 0. The highest BCUT2D eigenvalue weighted by molar-refractivity contribution is 5.29. The molecule has 1 aromatic heterocycles. The van der Waals surface area contributed by atoms with Crippen LogP contribution in [0.4, 0.5) is 0 Å². The molecule has 0 N–H and O–H groups in total. The van der Waals surface area contributed by atoms with Gasteiger partial charge in [-0.05, 0) is 19.1 Å². The zero-order valence-corrected chi connectivity index (χ0v) is 9.25. The largest absolute Gasteiger partial charge is 0.351 e. The van der Waals surface area contributed by atoms with Crippen LogP contribution in [0.3, 0.4) is 0 Å². The molecule has 0 aliphatic rings. The SMILES string of the molecule is CCn1c(=O)n(C)c(=O)n1-c1ccccc1. The molecular formula is C11H13N3O2. The van der Waals surface area contributed by atoms with E-state index in [-0.39, 0.29) is 11.4 Å². The fraction of sp³-hybridized carbons (Fsp3) is 0.273. The molecule has 0 saturated heterocycles. The third-order valence-electron chi connectivity index (χ3n) is 2.52. The van der Waals surface area contributed by atoms with Crippen LogP contribution >= 0.6 is 0 Å². The molecular weight excluding hydrogens is 206 g/mol. The lowest BCUT2D eigenvalue weighted by Gasteiger charge is -2.06. The van der Waals surface area contributed by atoms with Gasteiger partial charge < -0.3 is 0 Å². The van der Waals surface area contributed by atoms with Crippen LogP contribution in [0.5, 0.6) is 0 Å². The smallest absolute Gasteiger partial charge is 0.246 e. The molecule has 84 valence electrons. The Morgan fingerprint density at radius 2 is 1.69 bits per heavy atom. The van der Waals surface area contributed by atoms with Crippen LogP contribution in [0.25, 0.3) is 5.69 Å². The van der Waals surface area contributed by atoms with Gasteiger partial charge in [-0.3, -0.25) is 0 Å². The zero-order valence-electron chi connectivity index (χ0n) is 9.25. The van der Waals surface area contributed by atoms with Gasteiger partial charge in [0.2, 0.25) is 0 Å². The Labute approximate surface area is 92.2 Å².